The third kappa shape index (κ3) is 4.01. The van der Waals surface area contributed by atoms with Crippen LogP contribution in [0.3, 0.4) is 0 Å². The second kappa shape index (κ2) is 7.79. The van der Waals surface area contributed by atoms with Crippen molar-refractivity contribution in [1.82, 2.24) is 9.88 Å². The van der Waals surface area contributed by atoms with Crippen molar-refractivity contribution in [2.24, 2.45) is 0 Å². The highest BCUT2D eigenvalue weighted by Gasteiger charge is 2.11. The fraction of sp³-hybridized carbons (Fsp3) is 0.0870. The molecule has 4 aromatic rings. The molecule has 2 aromatic carbocycles. The number of carbonyl (C=O) groups is 1. The van der Waals surface area contributed by atoms with Crippen LogP contribution < -0.4 is 5.32 Å². The Morgan fingerprint density at radius 2 is 1.63 bits per heavy atom. The van der Waals surface area contributed by atoms with Crippen molar-refractivity contribution < 1.29 is 9.21 Å². The summed E-state index contributed by atoms with van der Waals surface area (Å²) in [7, 11) is 0. The molecule has 134 valence electrons. The molecule has 0 spiro atoms. The molecule has 0 aliphatic carbocycles. The summed E-state index contributed by atoms with van der Waals surface area (Å²) in [6.07, 6.45) is 3.52. The Kier molecular flexibility index (Phi) is 4.88. The predicted molar refractivity (Wildman–Crippen MR) is 105 cm³/mol. The molecule has 0 atom stereocenters. The van der Waals surface area contributed by atoms with Crippen LogP contribution in [-0.2, 0) is 13.1 Å². The van der Waals surface area contributed by atoms with Crippen LogP contribution >= 0.6 is 0 Å². The first kappa shape index (κ1) is 16.9. The van der Waals surface area contributed by atoms with Gasteiger partial charge in [-0.25, -0.2) is 0 Å². The number of hydrogen-bond donors (Lipinski definition) is 1. The lowest BCUT2D eigenvalue weighted by Gasteiger charge is -2.10. The van der Waals surface area contributed by atoms with Crippen LogP contribution in [0.5, 0.6) is 0 Å². The molecule has 1 N–H and O–H groups in total. The van der Waals surface area contributed by atoms with Crippen LogP contribution in [0, 0.1) is 0 Å². The third-order valence-corrected chi connectivity index (χ3v) is 4.48. The van der Waals surface area contributed by atoms with Gasteiger partial charge in [-0.3, -0.25) is 4.79 Å². The highest BCUT2D eigenvalue weighted by Crippen LogP contribution is 2.20. The number of nitrogens with zero attached hydrogens (tertiary/aromatic N) is 1. The molecule has 0 fully saturated rings. The molecule has 0 saturated heterocycles. The molecule has 2 aromatic heterocycles. The zero-order chi connectivity index (χ0) is 18.5. The summed E-state index contributed by atoms with van der Waals surface area (Å²) in [5.41, 5.74) is 4.16. The van der Waals surface area contributed by atoms with Crippen LogP contribution in [0.2, 0.25) is 0 Å². The van der Waals surface area contributed by atoms with Gasteiger partial charge >= 0.3 is 0 Å². The number of furan rings is 1. The number of nitrogens with one attached hydrogen (secondary N) is 1. The van der Waals surface area contributed by atoms with Crippen LogP contribution in [-0.4, -0.2) is 10.5 Å². The van der Waals surface area contributed by atoms with Crippen molar-refractivity contribution in [3.05, 3.63) is 108 Å². The molecule has 0 aliphatic rings. The first-order chi connectivity index (χ1) is 13.3. The van der Waals surface area contributed by atoms with Crippen LogP contribution in [0.25, 0.3) is 11.1 Å². The molecule has 4 heteroatoms. The normalized spacial score (nSPS) is 10.7. The maximum atomic E-state index is 12.5. The largest absolute Gasteiger partial charge is 0.467 e. The van der Waals surface area contributed by atoms with E-state index in [4.69, 9.17) is 4.42 Å². The van der Waals surface area contributed by atoms with Gasteiger partial charge in [0.2, 0.25) is 0 Å². The molecule has 2 heterocycles. The maximum absolute atomic E-state index is 12.5. The number of benzene rings is 2. The topological polar surface area (TPSA) is 47.2 Å². The number of amides is 1. The van der Waals surface area contributed by atoms with Gasteiger partial charge in [-0.05, 0) is 41.0 Å². The minimum Gasteiger partial charge on any atom is -0.467 e. The first-order valence-electron chi connectivity index (χ1n) is 8.90. The van der Waals surface area contributed by atoms with E-state index in [1.54, 1.807) is 6.26 Å². The smallest absolute Gasteiger partial charge is 0.268 e. The van der Waals surface area contributed by atoms with E-state index < -0.39 is 0 Å². The minimum absolute atomic E-state index is 0.114. The van der Waals surface area contributed by atoms with E-state index in [1.807, 2.05) is 53.2 Å². The van der Waals surface area contributed by atoms with E-state index in [-0.39, 0.29) is 5.91 Å². The molecule has 0 unspecified atom stereocenters. The molecule has 0 saturated carbocycles. The Bertz CT molecular complexity index is 1000. The molecule has 0 bridgehead atoms. The van der Waals surface area contributed by atoms with Crippen molar-refractivity contribution in [3.8, 4) is 11.1 Å². The number of hydrogen-bond acceptors (Lipinski definition) is 2. The van der Waals surface area contributed by atoms with Gasteiger partial charge in [0.05, 0.1) is 12.8 Å². The van der Waals surface area contributed by atoms with Gasteiger partial charge in [-0.2, -0.15) is 0 Å². The number of aromatic nitrogens is 1. The van der Waals surface area contributed by atoms with Crippen molar-refractivity contribution in [3.63, 3.8) is 0 Å². The first-order valence-corrected chi connectivity index (χ1v) is 8.90. The van der Waals surface area contributed by atoms with E-state index in [9.17, 15) is 4.79 Å². The van der Waals surface area contributed by atoms with Gasteiger partial charge < -0.3 is 14.3 Å². The lowest BCUT2D eigenvalue weighted by Crippen LogP contribution is -2.25. The molecule has 0 aliphatic heterocycles. The van der Waals surface area contributed by atoms with Crippen LogP contribution in [0.15, 0.2) is 95.7 Å². The average molecular weight is 356 g/mol. The van der Waals surface area contributed by atoms with Gasteiger partial charge in [0, 0.05) is 12.7 Å². The van der Waals surface area contributed by atoms with E-state index in [0.29, 0.717) is 18.8 Å². The predicted octanol–water partition coefficient (Wildman–Crippen LogP) is 4.73. The van der Waals surface area contributed by atoms with Crippen molar-refractivity contribution in [2.45, 2.75) is 13.1 Å². The summed E-state index contributed by atoms with van der Waals surface area (Å²) in [5.74, 6) is 0.621. The quantitative estimate of drug-likeness (QED) is 0.543. The van der Waals surface area contributed by atoms with Crippen LogP contribution in [0.1, 0.15) is 21.8 Å². The molecular weight excluding hydrogens is 336 g/mol. The van der Waals surface area contributed by atoms with Crippen molar-refractivity contribution in [1.29, 1.82) is 0 Å². The lowest BCUT2D eigenvalue weighted by molar-refractivity contribution is 0.0939. The number of carbonyl (C=O) groups excluding carboxylic acids is 1. The highest BCUT2D eigenvalue weighted by molar-refractivity contribution is 5.92. The fourth-order valence-corrected chi connectivity index (χ4v) is 3.06. The molecule has 4 nitrogen and oxygen atoms in total. The van der Waals surface area contributed by atoms with Gasteiger partial charge in [-0.1, -0.05) is 54.6 Å². The van der Waals surface area contributed by atoms with E-state index in [0.717, 1.165) is 11.3 Å². The Morgan fingerprint density at radius 3 is 2.37 bits per heavy atom. The van der Waals surface area contributed by atoms with E-state index in [2.05, 4.69) is 41.7 Å². The third-order valence-electron chi connectivity index (χ3n) is 4.48. The average Bonchev–Trinajstić information content (AvgIpc) is 3.39. The summed E-state index contributed by atoms with van der Waals surface area (Å²) in [6.45, 7) is 1.02. The Morgan fingerprint density at radius 1 is 0.852 bits per heavy atom. The molecule has 0 radical (unpaired) electrons. The summed E-state index contributed by atoms with van der Waals surface area (Å²) in [6, 6.07) is 26.1. The van der Waals surface area contributed by atoms with Gasteiger partial charge in [0.1, 0.15) is 11.5 Å². The zero-order valence-electron chi connectivity index (χ0n) is 14.8. The Labute approximate surface area is 158 Å². The molecule has 27 heavy (non-hydrogen) atoms. The SMILES string of the molecule is O=C(NCc1ccco1)c1cccn1Cc1ccc(-c2ccccc2)cc1. The zero-order valence-corrected chi connectivity index (χ0v) is 14.8. The molecular formula is C23H20N2O2. The number of rotatable bonds is 6. The summed E-state index contributed by atoms with van der Waals surface area (Å²) >= 11 is 0. The van der Waals surface area contributed by atoms with Crippen molar-refractivity contribution >= 4 is 5.91 Å². The van der Waals surface area contributed by atoms with E-state index >= 15 is 0 Å². The van der Waals surface area contributed by atoms with Gasteiger partial charge in [0.25, 0.3) is 5.91 Å². The summed E-state index contributed by atoms with van der Waals surface area (Å²) < 4.78 is 7.21. The standard InChI is InChI=1S/C23H20N2O2/c26-23(24-16-21-8-5-15-27-21)22-9-4-14-25(22)17-18-10-12-20(13-11-18)19-6-2-1-3-7-19/h1-15H,16-17H2,(H,24,26). The van der Waals surface area contributed by atoms with Gasteiger partial charge in [-0.15, -0.1) is 0 Å². The lowest BCUT2D eigenvalue weighted by atomic mass is 10.0. The second-order valence-electron chi connectivity index (χ2n) is 6.35. The van der Waals surface area contributed by atoms with Crippen molar-refractivity contribution in [2.75, 3.05) is 0 Å². The molecule has 4 rings (SSSR count). The van der Waals surface area contributed by atoms with E-state index in [1.165, 1.54) is 11.1 Å². The summed E-state index contributed by atoms with van der Waals surface area (Å²) in [4.78, 5) is 12.5. The van der Waals surface area contributed by atoms with Crippen LogP contribution in [0.4, 0.5) is 0 Å². The Hall–Kier alpha value is -3.53. The fourth-order valence-electron chi connectivity index (χ4n) is 3.06. The Balaban J connectivity index is 1.44. The monoisotopic (exact) mass is 356 g/mol. The highest BCUT2D eigenvalue weighted by atomic mass is 16.3. The second-order valence-corrected chi connectivity index (χ2v) is 6.35. The minimum atomic E-state index is -0.114. The molecule has 1 amide bonds. The summed E-state index contributed by atoms with van der Waals surface area (Å²) in [5, 5.41) is 2.89. The maximum Gasteiger partial charge on any atom is 0.268 e. The van der Waals surface area contributed by atoms with Gasteiger partial charge in [0.15, 0.2) is 0 Å².